The minimum absolute atomic E-state index is 0.0355. The molecule has 0 saturated heterocycles. The molecule has 0 radical (unpaired) electrons. The zero-order chi connectivity index (χ0) is 28.2. The summed E-state index contributed by atoms with van der Waals surface area (Å²) < 4.78 is 0. The lowest BCUT2D eigenvalue weighted by Gasteiger charge is -2.26. The van der Waals surface area contributed by atoms with Crippen LogP contribution in [0.25, 0.3) is 0 Å². The Kier molecular flexibility index (Phi) is 11.4. The van der Waals surface area contributed by atoms with Crippen molar-refractivity contribution in [3.63, 3.8) is 0 Å². The first-order chi connectivity index (χ1) is 18.0. The number of aliphatic carboxylic acids is 2. The van der Waals surface area contributed by atoms with Gasteiger partial charge in [0.05, 0.1) is 18.7 Å². The van der Waals surface area contributed by atoms with Gasteiger partial charge in [-0.1, -0.05) is 20.3 Å². The van der Waals surface area contributed by atoms with Crippen molar-refractivity contribution >= 4 is 29.7 Å². The van der Waals surface area contributed by atoms with Crippen LogP contribution < -0.4 is 21.7 Å². The Morgan fingerprint density at radius 2 is 1.45 bits per heavy atom. The number of nitrogens with zero attached hydrogens (tertiary/aromatic N) is 2. The van der Waals surface area contributed by atoms with Crippen LogP contribution >= 0.6 is 0 Å². The van der Waals surface area contributed by atoms with E-state index in [1.54, 1.807) is 13.8 Å². The van der Waals surface area contributed by atoms with Crippen molar-refractivity contribution in [3.05, 3.63) is 36.4 Å². The van der Waals surface area contributed by atoms with Gasteiger partial charge in [0.25, 0.3) is 0 Å². The first-order valence-electron chi connectivity index (χ1n) is 12.1. The molecular weight excluding hydrogens is 500 g/mol. The van der Waals surface area contributed by atoms with Crippen molar-refractivity contribution in [2.75, 3.05) is 0 Å². The van der Waals surface area contributed by atoms with Gasteiger partial charge in [-0.2, -0.15) is 0 Å². The number of carbonyl (C=O) groups is 5. The molecule has 2 heterocycles. The third-order valence-electron chi connectivity index (χ3n) is 6.00. The second-order valence-electron chi connectivity index (χ2n) is 8.93. The quantitative estimate of drug-likeness (QED) is 0.126. The van der Waals surface area contributed by atoms with Crippen LogP contribution in [0.5, 0.6) is 0 Å². The number of nitrogens with one attached hydrogen (secondary N) is 5. The summed E-state index contributed by atoms with van der Waals surface area (Å²) >= 11 is 0. The van der Waals surface area contributed by atoms with E-state index in [0.29, 0.717) is 17.8 Å². The fourth-order valence-electron chi connectivity index (χ4n) is 3.58. The van der Waals surface area contributed by atoms with Crippen LogP contribution in [0, 0.1) is 5.92 Å². The molecule has 9 N–H and O–H groups in total. The highest BCUT2D eigenvalue weighted by atomic mass is 16.4. The van der Waals surface area contributed by atoms with Crippen molar-refractivity contribution in [3.8, 4) is 0 Å². The lowest BCUT2D eigenvalue weighted by Crippen LogP contribution is -2.58. The van der Waals surface area contributed by atoms with E-state index in [9.17, 15) is 29.1 Å². The summed E-state index contributed by atoms with van der Waals surface area (Å²) in [7, 11) is 0. The number of H-pyrrole nitrogens is 2. The van der Waals surface area contributed by atoms with Gasteiger partial charge in [-0.15, -0.1) is 0 Å². The van der Waals surface area contributed by atoms with E-state index in [2.05, 4.69) is 35.9 Å². The Hall–Kier alpha value is -4.27. The highest BCUT2D eigenvalue weighted by Gasteiger charge is 2.32. The maximum atomic E-state index is 13.3. The van der Waals surface area contributed by atoms with Crippen LogP contribution in [0.4, 0.5) is 0 Å². The Morgan fingerprint density at radius 1 is 0.895 bits per heavy atom. The van der Waals surface area contributed by atoms with E-state index in [1.807, 2.05) is 0 Å². The maximum absolute atomic E-state index is 13.3. The zero-order valence-electron chi connectivity index (χ0n) is 21.1. The van der Waals surface area contributed by atoms with Gasteiger partial charge in [0.15, 0.2) is 0 Å². The van der Waals surface area contributed by atoms with E-state index in [-0.39, 0.29) is 19.3 Å². The van der Waals surface area contributed by atoms with Gasteiger partial charge in [-0.05, 0) is 12.3 Å². The Morgan fingerprint density at radius 3 is 1.95 bits per heavy atom. The number of aromatic amines is 2. The number of hydrogen-bond donors (Lipinski definition) is 8. The molecule has 15 heteroatoms. The summed E-state index contributed by atoms with van der Waals surface area (Å²) in [5.74, 6) is -5.17. The molecule has 0 aromatic carbocycles. The number of carboxylic acids is 2. The molecule has 15 nitrogen and oxygen atoms in total. The van der Waals surface area contributed by atoms with Gasteiger partial charge >= 0.3 is 11.9 Å². The highest BCUT2D eigenvalue weighted by molar-refractivity contribution is 5.94. The van der Waals surface area contributed by atoms with Gasteiger partial charge in [-0.3, -0.25) is 19.2 Å². The lowest BCUT2D eigenvalue weighted by molar-refractivity contribution is -0.144. The van der Waals surface area contributed by atoms with Crippen LogP contribution in [0.3, 0.4) is 0 Å². The van der Waals surface area contributed by atoms with E-state index in [0.717, 1.165) is 0 Å². The van der Waals surface area contributed by atoms with Gasteiger partial charge in [-0.25, -0.2) is 14.8 Å². The first-order valence-corrected chi connectivity index (χ1v) is 12.1. The molecule has 38 heavy (non-hydrogen) atoms. The minimum atomic E-state index is -1.37. The number of nitrogens with two attached hydrogens (primary N) is 1. The topological polar surface area (TPSA) is 245 Å². The molecule has 0 saturated carbocycles. The van der Waals surface area contributed by atoms with Crippen LogP contribution in [-0.4, -0.2) is 84.0 Å². The predicted molar refractivity (Wildman–Crippen MR) is 132 cm³/mol. The van der Waals surface area contributed by atoms with Crippen molar-refractivity contribution < 1.29 is 34.2 Å². The monoisotopic (exact) mass is 534 g/mol. The molecule has 0 aliphatic heterocycles. The van der Waals surface area contributed by atoms with Crippen LogP contribution in [0.15, 0.2) is 25.0 Å². The number of carboxylic acid groups (broad SMARTS) is 2. The molecule has 3 amide bonds. The lowest BCUT2D eigenvalue weighted by atomic mass is 9.98. The van der Waals surface area contributed by atoms with Crippen LogP contribution in [0.2, 0.25) is 0 Å². The summed E-state index contributed by atoms with van der Waals surface area (Å²) in [5.41, 5.74) is 7.10. The number of amides is 3. The average Bonchev–Trinajstić information content (AvgIpc) is 3.58. The van der Waals surface area contributed by atoms with Gasteiger partial charge in [0.2, 0.25) is 17.7 Å². The molecule has 2 aromatic rings. The summed E-state index contributed by atoms with van der Waals surface area (Å²) in [5, 5.41) is 26.0. The largest absolute Gasteiger partial charge is 0.481 e. The number of rotatable bonds is 16. The zero-order valence-corrected chi connectivity index (χ0v) is 21.1. The third kappa shape index (κ3) is 9.31. The van der Waals surface area contributed by atoms with E-state index in [1.165, 1.54) is 25.0 Å². The Bertz CT molecular complexity index is 1070. The summed E-state index contributed by atoms with van der Waals surface area (Å²) in [6.45, 7) is 3.41. The second-order valence-corrected chi connectivity index (χ2v) is 8.93. The van der Waals surface area contributed by atoms with Crippen molar-refractivity contribution in [1.82, 2.24) is 35.9 Å². The molecule has 2 aromatic heterocycles. The number of carbonyl (C=O) groups excluding carboxylic acids is 3. The summed E-state index contributed by atoms with van der Waals surface area (Å²) in [6.07, 6.45) is 5.57. The number of imidazole rings is 2. The molecule has 208 valence electrons. The number of hydrogen-bond acceptors (Lipinski definition) is 8. The molecule has 0 aliphatic rings. The van der Waals surface area contributed by atoms with E-state index < -0.39 is 66.2 Å². The molecule has 5 atom stereocenters. The Labute approximate surface area is 218 Å². The van der Waals surface area contributed by atoms with Crippen molar-refractivity contribution in [1.29, 1.82) is 0 Å². The van der Waals surface area contributed by atoms with Gasteiger partial charge in [0, 0.05) is 43.0 Å². The van der Waals surface area contributed by atoms with Crippen molar-refractivity contribution in [2.24, 2.45) is 11.7 Å². The number of aromatic nitrogens is 4. The van der Waals surface area contributed by atoms with E-state index in [4.69, 9.17) is 10.8 Å². The fourth-order valence-corrected chi connectivity index (χ4v) is 3.58. The van der Waals surface area contributed by atoms with Crippen molar-refractivity contribution in [2.45, 2.75) is 70.1 Å². The molecule has 5 unspecified atom stereocenters. The van der Waals surface area contributed by atoms with Crippen LogP contribution in [0.1, 0.15) is 44.5 Å². The fraction of sp³-hybridized carbons (Fsp3) is 0.522. The Balaban J connectivity index is 2.19. The van der Waals surface area contributed by atoms with Crippen LogP contribution in [-0.2, 0) is 36.8 Å². The average molecular weight is 535 g/mol. The third-order valence-corrected chi connectivity index (χ3v) is 6.00. The van der Waals surface area contributed by atoms with Gasteiger partial charge in [0.1, 0.15) is 18.1 Å². The molecule has 0 spiro atoms. The normalized spacial score (nSPS) is 14.9. The molecule has 0 aliphatic carbocycles. The molecule has 2 rings (SSSR count). The predicted octanol–water partition coefficient (Wildman–Crippen LogP) is -1.30. The molecule has 0 bridgehead atoms. The van der Waals surface area contributed by atoms with E-state index >= 15 is 0 Å². The maximum Gasteiger partial charge on any atom is 0.326 e. The molecular formula is C23H34N8O7. The minimum Gasteiger partial charge on any atom is -0.481 e. The smallest absolute Gasteiger partial charge is 0.326 e. The SMILES string of the molecule is CCC(C)C(NC(=O)C(CCC(=O)O)NC(=O)C(Cc1cnc[nH]1)NC(=O)C(N)Cc1cnc[nH]1)C(=O)O. The first kappa shape index (κ1) is 30.0. The summed E-state index contributed by atoms with van der Waals surface area (Å²) in [6, 6.07) is -4.84. The highest BCUT2D eigenvalue weighted by Crippen LogP contribution is 2.10. The second kappa shape index (κ2) is 14.5. The molecule has 0 fully saturated rings. The van der Waals surface area contributed by atoms with Gasteiger partial charge < -0.3 is 41.9 Å². The summed E-state index contributed by atoms with van der Waals surface area (Å²) in [4.78, 5) is 75.2. The standard InChI is InChI=1S/C23H34N8O7/c1-3-12(2)19(23(37)38)31-21(35)16(4-5-18(32)33)29-22(36)17(7-14-9-26-11-28-14)30-20(34)15(24)6-13-8-25-10-27-13/h8-12,15-17,19H,3-7,24H2,1-2H3,(H,25,27)(H,26,28)(H,29,36)(H,30,34)(H,31,35)(H,32,33)(H,37,38).